The number of azo groups is 1. The summed E-state index contributed by atoms with van der Waals surface area (Å²) in [5.74, 6) is 0.956. The summed E-state index contributed by atoms with van der Waals surface area (Å²) in [5, 5.41) is 9.82. The number of nitrogens with zero attached hydrogens (tertiary/aromatic N) is 13. The van der Waals surface area contributed by atoms with Crippen molar-refractivity contribution in [2.24, 2.45) is 15.2 Å². The first-order chi connectivity index (χ1) is 53.2. The van der Waals surface area contributed by atoms with E-state index in [0.29, 0.717) is 12.3 Å². The average Bonchev–Trinajstić information content (AvgIpc) is 1.16. The summed E-state index contributed by atoms with van der Waals surface area (Å²) in [5.41, 5.74) is 19.4. The van der Waals surface area contributed by atoms with Gasteiger partial charge in [0.1, 0.15) is 41.7 Å². The number of ether oxygens (including phenoxy) is 1. The standard InChI is InChI=1S/C9H7N.C9H8.C8H9N.C8H7N.C7H7NO.C7H5NO.C7H5NS.C6H5N3.C6H4N2O.C2H2N2S.10C2H6/c1-2-6-9-8(4-1)5-3-7-10-9;1-2-5-9-7-3-6-8(9)4-1;1-3-7-4-2-6-9-8(7)5-1;1-2-4-8-7(3-1)5-6-9-8;1-3-8-5-7-6(1)2-4-9-7;2*1-2-4-7-6(3-1)8-5-9-7;1-2-5-6(7-3-1)4-8-9-5;1-2-9-6-5(1)3-7-4-8-6;1-3-2-5-4-1;10*1-2/h1-7H;1-6H,7H2;2,4,6H,1,3,5H2;1-4,6H,5H2;1,3,5H,2,4H2;2*1-5H;1-3H,4H2;1-4H;1-2H;10*1-2H3. The lowest BCUT2D eigenvalue weighted by molar-refractivity contribution is 0.355. The van der Waals surface area contributed by atoms with Gasteiger partial charge in [-0.15, -0.1) is 11.3 Å². The first-order valence-electron chi connectivity index (χ1n) is 38.0. The number of aryl methyl sites for hydroxylation is 2. The molecule has 16 nitrogen and oxygen atoms in total. The number of hydrogen-bond acceptors (Lipinski definition) is 18. The number of pyridine rings is 4. The molecule has 0 saturated heterocycles. The molecule has 0 atom stereocenters. The Labute approximate surface area is 648 Å². The van der Waals surface area contributed by atoms with E-state index in [-0.39, 0.29) is 0 Å². The van der Waals surface area contributed by atoms with Crippen molar-refractivity contribution in [2.45, 2.75) is 184 Å². The second kappa shape index (κ2) is 67.2. The van der Waals surface area contributed by atoms with E-state index in [2.05, 4.69) is 131 Å². The molecule has 0 radical (unpaired) electrons. The minimum Gasteiger partial charge on any atom is -0.491 e. The predicted octanol–water partition coefficient (Wildman–Crippen LogP) is 26.8. The van der Waals surface area contributed by atoms with Crippen molar-refractivity contribution in [1.29, 1.82) is 0 Å². The zero-order chi connectivity index (χ0) is 79.2. The van der Waals surface area contributed by atoms with Crippen LogP contribution in [0.4, 0.5) is 11.4 Å². The second-order valence-electron chi connectivity index (χ2n) is 19.0. The second-order valence-corrected chi connectivity index (χ2v) is 20.5. The Morgan fingerprint density at radius 3 is 1.69 bits per heavy atom. The normalized spacial score (nSPS) is 10.5. The maximum Gasteiger partial charge on any atom is 0.228 e. The average molecular weight is 1480 g/mol. The molecule has 0 amide bonds. The molecule has 18 heteroatoms. The minimum absolute atomic E-state index is 0.644. The molecular formula is C89H119N13O3S2. The fraction of sp³-hybridized carbons (Fsp3) is 0.315. The molecule has 12 heterocycles. The third-order valence-electron chi connectivity index (χ3n) is 13.2. The number of oxazole rings is 1. The quantitative estimate of drug-likeness (QED) is 0.139. The van der Waals surface area contributed by atoms with Crippen molar-refractivity contribution in [1.82, 2.24) is 49.2 Å². The van der Waals surface area contributed by atoms with Crippen LogP contribution < -0.4 is 4.74 Å². The van der Waals surface area contributed by atoms with Gasteiger partial charge in [-0.1, -0.05) is 248 Å². The Bertz CT molecular complexity index is 3840. The fourth-order valence-electron chi connectivity index (χ4n) is 8.93. The predicted molar refractivity (Wildman–Crippen MR) is 460 cm³/mol. The van der Waals surface area contributed by atoms with Gasteiger partial charge in [-0.3, -0.25) is 24.9 Å². The molecule has 14 aromatic rings. The minimum atomic E-state index is 0.644. The maximum atomic E-state index is 5.24. The van der Waals surface area contributed by atoms with Crippen LogP contribution in [0.1, 0.15) is 184 Å². The van der Waals surface area contributed by atoms with E-state index in [1.165, 1.54) is 93.4 Å². The summed E-state index contributed by atoms with van der Waals surface area (Å²) in [4.78, 5) is 40.0. The lowest BCUT2D eigenvalue weighted by Crippen LogP contribution is -1.85. The zero-order valence-electron chi connectivity index (χ0n) is 67.3. The summed E-state index contributed by atoms with van der Waals surface area (Å²) >= 11 is 3.03. The van der Waals surface area contributed by atoms with Gasteiger partial charge in [-0.2, -0.15) is 14.6 Å². The van der Waals surface area contributed by atoms with Gasteiger partial charge in [0.2, 0.25) is 5.71 Å². The van der Waals surface area contributed by atoms with Crippen molar-refractivity contribution in [3.63, 3.8) is 0 Å². The number of fused-ring (bicyclic) bond motifs is 9. The van der Waals surface area contributed by atoms with Gasteiger partial charge in [-0.05, 0) is 132 Å². The molecule has 0 unspecified atom stereocenters. The molecule has 9 aromatic heterocycles. The highest BCUT2D eigenvalue weighted by atomic mass is 32.1. The number of aliphatic imine (C=N–C) groups is 1. The highest BCUT2D eigenvalue weighted by molar-refractivity contribution is 7.16. The smallest absolute Gasteiger partial charge is 0.228 e. The molecule has 570 valence electrons. The summed E-state index contributed by atoms with van der Waals surface area (Å²) in [6.07, 6.45) is 30.0. The van der Waals surface area contributed by atoms with Crippen LogP contribution in [0.2, 0.25) is 0 Å². The van der Waals surface area contributed by atoms with E-state index in [4.69, 9.17) is 13.6 Å². The van der Waals surface area contributed by atoms with Crippen molar-refractivity contribution in [3.05, 3.63) is 289 Å². The Hall–Kier alpha value is -10.7. The van der Waals surface area contributed by atoms with Crippen LogP contribution in [0, 0.1) is 0 Å². The molecule has 0 N–H and O–H groups in total. The summed E-state index contributed by atoms with van der Waals surface area (Å²) < 4.78 is 20.1. The van der Waals surface area contributed by atoms with E-state index in [1.807, 2.05) is 278 Å². The highest BCUT2D eigenvalue weighted by Gasteiger charge is 2.11. The Balaban J connectivity index is 0.00000114. The number of thiazole rings is 1. The van der Waals surface area contributed by atoms with Crippen molar-refractivity contribution < 1.29 is 13.6 Å². The molecule has 0 spiro atoms. The van der Waals surface area contributed by atoms with Crippen molar-refractivity contribution >= 4 is 89.9 Å². The van der Waals surface area contributed by atoms with E-state index in [0.717, 1.165) is 76.2 Å². The number of aromatic nitrogens is 10. The summed E-state index contributed by atoms with van der Waals surface area (Å²) in [6, 6.07) is 56.4. The van der Waals surface area contributed by atoms with Crippen LogP contribution in [-0.2, 0) is 38.6 Å². The van der Waals surface area contributed by atoms with Gasteiger partial charge in [0.05, 0.1) is 57.1 Å². The molecule has 3 aliphatic heterocycles. The molecule has 2 aliphatic carbocycles. The van der Waals surface area contributed by atoms with Gasteiger partial charge >= 0.3 is 0 Å². The molecular weight excluding hydrogens is 1360 g/mol. The third-order valence-corrected chi connectivity index (χ3v) is 14.5. The number of rotatable bonds is 0. The van der Waals surface area contributed by atoms with E-state index in [1.54, 1.807) is 47.9 Å². The van der Waals surface area contributed by atoms with Crippen molar-refractivity contribution in [3.8, 4) is 5.75 Å². The molecule has 0 bridgehead atoms. The SMILES string of the molecule is C1=Cc2ccccc2C1.C1=Nc2ccccc2C1.CC.CC.CC.CC.CC.CC.CC.CC.CC.CC.c1cc2c(cn1)OCC2.c1ccc2ncccc2c1.c1ccc2ocnc2c1.c1ccc2scnc2c1.c1cnc2c(c1)CCC2.c1cnc2c(c1)N=NC2.c1ncc2ccoc2n1.c1ncsn1. The Morgan fingerprint density at radius 2 is 1.04 bits per heavy atom. The first kappa shape index (κ1) is 96.3. The number of benzene rings is 5. The zero-order valence-corrected chi connectivity index (χ0v) is 69.0. The van der Waals surface area contributed by atoms with Gasteiger partial charge in [0.15, 0.2) is 12.0 Å². The summed E-state index contributed by atoms with van der Waals surface area (Å²) in [7, 11) is 0. The number of allylic oxidation sites excluding steroid dienone is 1. The van der Waals surface area contributed by atoms with E-state index < -0.39 is 0 Å². The van der Waals surface area contributed by atoms with E-state index >= 15 is 0 Å². The molecule has 107 heavy (non-hydrogen) atoms. The number of hydrogen-bond donors (Lipinski definition) is 0. The Kier molecular flexibility index (Phi) is 60.5. The highest BCUT2D eigenvalue weighted by Crippen LogP contribution is 2.25. The van der Waals surface area contributed by atoms with Crippen molar-refractivity contribution in [2.75, 3.05) is 6.61 Å². The van der Waals surface area contributed by atoms with Crippen LogP contribution in [0.15, 0.2) is 274 Å². The first-order valence-corrected chi connectivity index (χ1v) is 39.8. The monoisotopic (exact) mass is 1480 g/mol. The largest absolute Gasteiger partial charge is 0.491 e. The third kappa shape index (κ3) is 37.7. The lowest BCUT2D eigenvalue weighted by atomic mass is 10.1. The van der Waals surface area contributed by atoms with Crippen LogP contribution in [0.5, 0.6) is 5.75 Å². The van der Waals surface area contributed by atoms with Crippen LogP contribution >= 0.6 is 22.9 Å². The van der Waals surface area contributed by atoms with Gasteiger partial charge in [0.25, 0.3) is 0 Å². The fourth-order valence-corrected chi connectivity index (χ4v) is 9.88. The topological polar surface area (TPSA) is 201 Å². The van der Waals surface area contributed by atoms with Crippen LogP contribution in [0.3, 0.4) is 0 Å². The van der Waals surface area contributed by atoms with E-state index in [9.17, 15) is 0 Å². The van der Waals surface area contributed by atoms with Gasteiger partial charge in [-0.25, -0.2) is 24.9 Å². The van der Waals surface area contributed by atoms with Crippen LogP contribution in [0.25, 0.3) is 49.4 Å². The number of furan rings is 1. The molecule has 19 rings (SSSR count). The number of para-hydroxylation sites is 5. The van der Waals surface area contributed by atoms with Crippen LogP contribution in [-0.4, -0.2) is 62.1 Å². The maximum absolute atomic E-state index is 5.24. The molecule has 0 fully saturated rings. The Morgan fingerprint density at radius 1 is 0.411 bits per heavy atom. The molecule has 0 saturated carbocycles. The molecule has 5 aliphatic rings. The lowest BCUT2D eigenvalue weighted by Gasteiger charge is -1.93. The van der Waals surface area contributed by atoms with Gasteiger partial charge < -0.3 is 13.6 Å². The summed E-state index contributed by atoms with van der Waals surface area (Å²) in [6.45, 7) is 41.5. The molecule has 5 aromatic carbocycles. The van der Waals surface area contributed by atoms with Gasteiger partial charge in [0, 0.05) is 66.7 Å².